The van der Waals surface area contributed by atoms with Gasteiger partial charge in [0.1, 0.15) is 5.82 Å². The zero-order valence-corrected chi connectivity index (χ0v) is 9.79. The van der Waals surface area contributed by atoms with Crippen LogP contribution in [0.5, 0.6) is 0 Å². The van der Waals surface area contributed by atoms with E-state index >= 15 is 0 Å². The highest BCUT2D eigenvalue weighted by molar-refractivity contribution is 5.93. The van der Waals surface area contributed by atoms with Crippen LogP contribution in [-0.4, -0.2) is 10.9 Å². The van der Waals surface area contributed by atoms with E-state index in [0.29, 0.717) is 5.82 Å². The Kier molecular flexibility index (Phi) is 3.45. The smallest absolute Gasteiger partial charge is 0.231 e. The van der Waals surface area contributed by atoms with Crippen LogP contribution >= 0.6 is 0 Å². The van der Waals surface area contributed by atoms with E-state index in [9.17, 15) is 4.79 Å². The Morgan fingerprint density at radius 2 is 2.13 bits per heavy atom. The number of hydrogen-bond donors (Lipinski definition) is 1. The molecule has 0 aliphatic heterocycles. The number of nitrogens with one attached hydrogen (secondary N) is 1. The van der Waals surface area contributed by atoms with Gasteiger partial charge in [0.25, 0.3) is 0 Å². The molecule has 0 saturated carbocycles. The van der Waals surface area contributed by atoms with E-state index in [1.165, 1.54) is 0 Å². The Labute approximate surface area is 90.9 Å². The molecule has 1 rings (SSSR count). The van der Waals surface area contributed by atoms with Gasteiger partial charge in [-0.3, -0.25) is 4.79 Å². The van der Waals surface area contributed by atoms with Crippen molar-refractivity contribution >= 4 is 11.7 Å². The summed E-state index contributed by atoms with van der Waals surface area (Å²) in [5.74, 6) is 0.633. The second-order valence-electron chi connectivity index (χ2n) is 4.41. The van der Waals surface area contributed by atoms with Crippen LogP contribution in [0.25, 0.3) is 0 Å². The van der Waals surface area contributed by atoms with Crippen molar-refractivity contribution in [2.24, 2.45) is 5.41 Å². The van der Waals surface area contributed by atoms with Crippen molar-refractivity contribution in [2.45, 2.75) is 34.1 Å². The molecule has 3 nitrogen and oxygen atoms in total. The van der Waals surface area contributed by atoms with Crippen LogP contribution in [0.3, 0.4) is 0 Å². The molecule has 0 aliphatic rings. The molecule has 0 saturated heterocycles. The molecule has 3 heteroatoms. The van der Waals surface area contributed by atoms with E-state index < -0.39 is 0 Å². The fourth-order valence-corrected chi connectivity index (χ4v) is 0.988. The maximum Gasteiger partial charge on any atom is 0.231 e. The Bertz CT molecular complexity index is 341. The molecule has 0 radical (unpaired) electrons. The Hall–Kier alpha value is -1.38. The van der Waals surface area contributed by atoms with Crippen molar-refractivity contribution in [1.82, 2.24) is 4.98 Å². The number of anilines is 1. The van der Waals surface area contributed by atoms with E-state index in [1.54, 1.807) is 6.20 Å². The van der Waals surface area contributed by atoms with Crippen LogP contribution in [0.1, 0.15) is 32.8 Å². The number of aryl methyl sites for hydroxylation is 1. The molecule has 15 heavy (non-hydrogen) atoms. The van der Waals surface area contributed by atoms with Crippen molar-refractivity contribution < 1.29 is 4.79 Å². The van der Waals surface area contributed by atoms with Gasteiger partial charge in [-0.15, -0.1) is 0 Å². The van der Waals surface area contributed by atoms with Crippen LogP contribution in [0, 0.1) is 12.3 Å². The number of nitrogens with zero attached hydrogens (tertiary/aromatic N) is 1. The van der Waals surface area contributed by atoms with Gasteiger partial charge >= 0.3 is 0 Å². The maximum atomic E-state index is 11.8. The lowest BCUT2D eigenvalue weighted by Gasteiger charge is -2.20. The number of hydrogen-bond acceptors (Lipinski definition) is 2. The highest BCUT2D eigenvalue weighted by atomic mass is 16.2. The summed E-state index contributed by atoms with van der Waals surface area (Å²) in [6.45, 7) is 7.82. The molecule has 0 atom stereocenters. The summed E-state index contributed by atoms with van der Waals surface area (Å²) in [4.78, 5) is 15.9. The third-order valence-corrected chi connectivity index (χ3v) is 2.65. The minimum absolute atomic E-state index is 0.0151. The summed E-state index contributed by atoms with van der Waals surface area (Å²) >= 11 is 0. The number of carbonyl (C=O) groups excluding carboxylic acids is 1. The van der Waals surface area contributed by atoms with Gasteiger partial charge in [-0.2, -0.15) is 0 Å². The molecule has 1 aromatic heterocycles. The molecule has 0 spiro atoms. The van der Waals surface area contributed by atoms with Gasteiger partial charge in [0.15, 0.2) is 0 Å². The van der Waals surface area contributed by atoms with Crippen molar-refractivity contribution in [2.75, 3.05) is 5.32 Å². The molecule has 0 aromatic carbocycles. The fourth-order valence-electron chi connectivity index (χ4n) is 0.988. The highest BCUT2D eigenvalue weighted by Crippen LogP contribution is 2.21. The van der Waals surface area contributed by atoms with Crippen LogP contribution < -0.4 is 5.32 Å². The Morgan fingerprint density at radius 1 is 1.47 bits per heavy atom. The second-order valence-corrected chi connectivity index (χ2v) is 4.41. The molecule has 0 aliphatic carbocycles. The molecule has 0 unspecified atom stereocenters. The van der Waals surface area contributed by atoms with Crippen LogP contribution in [0.2, 0.25) is 0 Å². The average molecular weight is 206 g/mol. The number of aromatic nitrogens is 1. The van der Waals surface area contributed by atoms with Gasteiger partial charge < -0.3 is 5.32 Å². The number of pyridine rings is 1. The maximum absolute atomic E-state index is 11.8. The number of carbonyl (C=O) groups is 1. The van der Waals surface area contributed by atoms with Gasteiger partial charge in [-0.25, -0.2) is 4.98 Å². The van der Waals surface area contributed by atoms with E-state index in [2.05, 4.69) is 10.3 Å². The van der Waals surface area contributed by atoms with Gasteiger partial charge in [0.2, 0.25) is 5.91 Å². The zero-order valence-electron chi connectivity index (χ0n) is 9.79. The quantitative estimate of drug-likeness (QED) is 0.826. The van der Waals surface area contributed by atoms with Gasteiger partial charge in [0.05, 0.1) is 0 Å². The lowest BCUT2D eigenvalue weighted by Crippen LogP contribution is -2.30. The predicted octanol–water partition coefficient (Wildman–Crippen LogP) is 2.76. The summed E-state index contributed by atoms with van der Waals surface area (Å²) in [6.07, 6.45) is 2.55. The van der Waals surface area contributed by atoms with Crippen molar-refractivity contribution in [3.05, 3.63) is 23.9 Å². The molecule has 82 valence electrons. The standard InChI is InChI=1S/C12H18N2O/c1-5-12(3,4)11(15)14-10-7-6-9(2)8-13-10/h6-8H,5H2,1-4H3,(H,13,14,15). The first-order chi connectivity index (χ1) is 6.95. The number of rotatable bonds is 3. The van der Waals surface area contributed by atoms with E-state index in [1.807, 2.05) is 39.8 Å². The van der Waals surface area contributed by atoms with Gasteiger partial charge in [-0.1, -0.05) is 26.8 Å². The highest BCUT2D eigenvalue weighted by Gasteiger charge is 2.25. The molecule has 0 bridgehead atoms. The third-order valence-electron chi connectivity index (χ3n) is 2.65. The summed E-state index contributed by atoms with van der Waals surface area (Å²) in [6, 6.07) is 3.75. The van der Waals surface area contributed by atoms with E-state index in [4.69, 9.17) is 0 Å². The van der Waals surface area contributed by atoms with Gasteiger partial charge in [0, 0.05) is 11.6 Å². The third kappa shape index (κ3) is 3.05. The lowest BCUT2D eigenvalue weighted by atomic mass is 9.89. The molecule has 1 amide bonds. The van der Waals surface area contributed by atoms with Crippen molar-refractivity contribution in [1.29, 1.82) is 0 Å². The SMILES string of the molecule is CCC(C)(C)C(=O)Nc1ccc(C)cn1. The summed E-state index contributed by atoms with van der Waals surface area (Å²) in [5.41, 5.74) is 0.745. The first kappa shape index (κ1) is 11.7. The fraction of sp³-hybridized carbons (Fsp3) is 0.500. The molecule has 1 N–H and O–H groups in total. The average Bonchev–Trinajstić information content (AvgIpc) is 2.21. The monoisotopic (exact) mass is 206 g/mol. The molecule has 0 fully saturated rings. The molecule has 1 aromatic rings. The molecular formula is C12H18N2O. The van der Waals surface area contributed by atoms with E-state index in [0.717, 1.165) is 12.0 Å². The van der Waals surface area contributed by atoms with E-state index in [-0.39, 0.29) is 11.3 Å². The minimum Gasteiger partial charge on any atom is -0.310 e. The Morgan fingerprint density at radius 3 is 2.60 bits per heavy atom. The van der Waals surface area contributed by atoms with Crippen LogP contribution in [0.15, 0.2) is 18.3 Å². The largest absolute Gasteiger partial charge is 0.310 e. The van der Waals surface area contributed by atoms with Gasteiger partial charge in [-0.05, 0) is 25.0 Å². The first-order valence-corrected chi connectivity index (χ1v) is 5.20. The van der Waals surface area contributed by atoms with Crippen LogP contribution in [0.4, 0.5) is 5.82 Å². The summed E-state index contributed by atoms with van der Waals surface area (Å²) in [5, 5.41) is 2.81. The normalized spacial score (nSPS) is 11.2. The minimum atomic E-state index is -0.341. The molecule has 1 heterocycles. The summed E-state index contributed by atoms with van der Waals surface area (Å²) in [7, 11) is 0. The zero-order chi connectivity index (χ0) is 11.5. The first-order valence-electron chi connectivity index (χ1n) is 5.20. The van der Waals surface area contributed by atoms with Crippen LogP contribution in [-0.2, 0) is 4.79 Å². The van der Waals surface area contributed by atoms with Crippen molar-refractivity contribution in [3.63, 3.8) is 0 Å². The topological polar surface area (TPSA) is 42.0 Å². The summed E-state index contributed by atoms with van der Waals surface area (Å²) < 4.78 is 0. The van der Waals surface area contributed by atoms with Crippen molar-refractivity contribution in [3.8, 4) is 0 Å². The number of amides is 1. The Balaban J connectivity index is 2.71. The molecular weight excluding hydrogens is 188 g/mol. The second kappa shape index (κ2) is 4.43. The lowest BCUT2D eigenvalue weighted by molar-refractivity contribution is -0.124. The predicted molar refractivity (Wildman–Crippen MR) is 61.7 cm³/mol.